The topological polar surface area (TPSA) is 65.0 Å². The van der Waals surface area contributed by atoms with Crippen molar-refractivity contribution in [2.24, 2.45) is 0 Å². The molecule has 1 aliphatic rings. The maximum absolute atomic E-state index is 12.4. The maximum atomic E-state index is 12.4. The molecule has 0 saturated carbocycles. The molecule has 148 valence electrons. The molecule has 3 aromatic rings. The fraction of sp³-hybridized carbons (Fsp3) is 0.208. The van der Waals surface area contributed by atoms with Crippen LogP contribution in [-0.4, -0.2) is 24.0 Å². The van der Waals surface area contributed by atoms with Crippen molar-refractivity contribution < 1.29 is 24.1 Å². The number of hydrogen-bond acceptors (Lipinski definition) is 5. The van der Waals surface area contributed by atoms with Gasteiger partial charge in [0.1, 0.15) is 17.2 Å². The van der Waals surface area contributed by atoms with Crippen LogP contribution in [0.3, 0.4) is 0 Å². The molecule has 0 amide bonds. The van der Waals surface area contributed by atoms with Crippen LogP contribution in [-0.2, 0) is 4.74 Å². The van der Waals surface area contributed by atoms with Crippen molar-refractivity contribution in [3.63, 3.8) is 0 Å². The number of ether oxygens (including phenoxy) is 3. The molecule has 0 radical (unpaired) electrons. The van der Waals surface area contributed by atoms with Crippen molar-refractivity contribution in [2.75, 3.05) is 6.61 Å². The number of carbonyl (C=O) groups excluding carboxylic acids is 1. The number of phenolic OH excluding ortho intramolecular Hbond substituents is 1. The Hall–Kier alpha value is -3.31. The van der Waals surface area contributed by atoms with Crippen molar-refractivity contribution >= 4 is 5.97 Å². The van der Waals surface area contributed by atoms with Crippen molar-refractivity contribution in [1.82, 2.24) is 0 Å². The number of rotatable bonds is 5. The molecule has 4 rings (SSSR count). The lowest BCUT2D eigenvalue weighted by Crippen LogP contribution is -2.24. The van der Waals surface area contributed by atoms with Gasteiger partial charge in [0.15, 0.2) is 6.29 Å². The first-order chi connectivity index (χ1) is 14.2. The van der Waals surface area contributed by atoms with Crippen LogP contribution in [0.2, 0.25) is 0 Å². The van der Waals surface area contributed by atoms with Crippen LogP contribution in [0.25, 0.3) is 11.1 Å². The third-order valence-corrected chi connectivity index (χ3v) is 4.76. The molecule has 0 bridgehead atoms. The fourth-order valence-electron chi connectivity index (χ4n) is 3.16. The first kappa shape index (κ1) is 19.0. The lowest BCUT2D eigenvalue weighted by Gasteiger charge is -2.23. The Morgan fingerprint density at radius 2 is 1.45 bits per heavy atom. The van der Waals surface area contributed by atoms with Gasteiger partial charge in [-0.05, 0) is 72.5 Å². The van der Waals surface area contributed by atoms with Crippen molar-refractivity contribution in [1.29, 1.82) is 0 Å². The first-order valence-corrected chi connectivity index (χ1v) is 9.67. The molecule has 1 atom stereocenters. The van der Waals surface area contributed by atoms with Crippen LogP contribution in [0, 0.1) is 0 Å². The Bertz CT molecular complexity index is 940. The number of aromatic hydroxyl groups is 1. The second-order valence-electron chi connectivity index (χ2n) is 6.90. The summed E-state index contributed by atoms with van der Waals surface area (Å²) in [6.45, 7) is 0.723. The number of carbonyl (C=O) groups is 1. The van der Waals surface area contributed by atoms with Gasteiger partial charge in [0.05, 0.1) is 12.2 Å². The smallest absolute Gasteiger partial charge is 0.343 e. The molecule has 5 nitrogen and oxygen atoms in total. The maximum Gasteiger partial charge on any atom is 0.343 e. The summed E-state index contributed by atoms with van der Waals surface area (Å²) >= 11 is 0. The summed E-state index contributed by atoms with van der Waals surface area (Å²) in [7, 11) is 0. The summed E-state index contributed by atoms with van der Waals surface area (Å²) < 4.78 is 16.8. The summed E-state index contributed by atoms with van der Waals surface area (Å²) in [6, 6.07) is 21.1. The van der Waals surface area contributed by atoms with Gasteiger partial charge in [-0.15, -0.1) is 0 Å². The van der Waals surface area contributed by atoms with Gasteiger partial charge in [0.25, 0.3) is 0 Å². The van der Waals surface area contributed by atoms with E-state index < -0.39 is 5.97 Å². The highest BCUT2D eigenvalue weighted by Gasteiger charge is 2.16. The van der Waals surface area contributed by atoms with Gasteiger partial charge in [0.2, 0.25) is 0 Å². The van der Waals surface area contributed by atoms with Crippen LogP contribution in [0.1, 0.15) is 29.6 Å². The van der Waals surface area contributed by atoms with Crippen LogP contribution in [0.4, 0.5) is 0 Å². The molecular formula is C24H22O5. The van der Waals surface area contributed by atoms with Gasteiger partial charge in [-0.25, -0.2) is 4.79 Å². The van der Waals surface area contributed by atoms with Gasteiger partial charge >= 0.3 is 5.97 Å². The molecule has 0 aromatic heterocycles. The van der Waals surface area contributed by atoms with Crippen molar-refractivity contribution in [2.45, 2.75) is 25.6 Å². The Kier molecular flexibility index (Phi) is 5.77. The fourth-order valence-corrected chi connectivity index (χ4v) is 3.16. The average Bonchev–Trinajstić information content (AvgIpc) is 2.76. The molecule has 1 N–H and O–H groups in total. The highest BCUT2D eigenvalue weighted by molar-refractivity contribution is 5.91. The van der Waals surface area contributed by atoms with Gasteiger partial charge in [-0.2, -0.15) is 0 Å². The molecule has 1 heterocycles. The van der Waals surface area contributed by atoms with Gasteiger partial charge in [0, 0.05) is 6.42 Å². The van der Waals surface area contributed by atoms with E-state index in [9.17, 15) is 9.90 Å². The van der Waals surface area contributed by atoms with Gasteiger partial charge in [-0.1, -0.05) is 24.3 Å². The molecule has 0 spiro atoms. The molecule has 0 aliphatic carbocycles. The minimum absolute atomic E-state index is 0.214. The highest BCUT2D eigenvalue weighted by Crippen LogP contribution is 2.25. The molecular weight excluding hydrogens is 368 g/mol. The monoisotopic (exact) mass is 390 g/mol. The zero-order valence-electron chi connectivity index (χ0n) is 15.9. The summed E-state index contributed by atoms with van der Waals surface area (Å²) in [4.78, 5) is 12.4. The quantitative estimate of drug-likeness (QED) is 0.480. The van der Waals surface area contributed by atoms with Crippen LogP contribution < -0.4 is 9.47 Å². The molecule has 1 unspecified atom stereocenters. The number of hydrogen-bond donors (Lipinski definition) is 1. The largest absolute Gasteiger partial charge is 0.508 e. The van der Waals surface area contributed by atoms with Crippen LogP contribution in [0.15, 0.2) is 72.8 Å². The Morgan fingerprint density at radius 3 is 2.07 bits per heavy atom. The normalized spacial score (nSPS) is 16.2. The molecule has 3 aromatic carbocycles. The lowest BCUT2D eigenvalue weighted by molar-refractivity contribution is -0.105. The Balaban J connectivity index is 1.36. The van der Waals surface area contributed by atoms with Crippen LogP contribution >= 0.6 is 0 Å². The van der Waals surface area contributed by atoms with Gasteiger partial charge in [-0.3, -0.25) is 0 Å². The number of phenols is 1. The van der Waals surface area contributed by atoms with Crippen LogP contribution in [0.5, 0.6) is 17.2 Å². The molecule has 5 heteroatoms. The van der Waals surface area contributed by atoms with E-state index >= 15 is 0 Å². The predicted molar refractivity (Wildman–Crippen MR) is 109 cm³/mol. The minimum atomic E-state index is -0.428. The van der Waals surface area contributed by atoms with Crippen molar-refractivity contribution in [3.05, 3.63) is 78.4 Å². The van der Waals surface area contributed by atoms with E-state index in [0.29, 0.717) is 17.1 Å². The zero-order valence-corrected chi connectivity index (χ0v) is 15.9. The molecule has 1 aliphatic heterocycles. The predicted octanol–water partition coefficient (Wildman–Crippen LogP) is 5.18. The summed E-state index contributed by atoms with van der Waals surface area (Å²) in [5, 5.41) is 9.38. The van der Waals surface area contributed by atoms with E-state index in [-0.39, 0.29) is 12.0 Å². The Morgan fingerprint density at radius 1 is 0.828 bits per heavy atom. The number of esters is 1. The first-order valence-electron chi connectivity index (χ1n) is 9.67. The number of benzene rings is 3. The molecule has 1 saturated heterocycles. The minimum Gasteiger partial charge on any atom is -0.508 e. The molecule has 1 fully saturated rings. The molecule has 29 heavy (non-hydrogen) atoms. The summed E-state index contributed by atoms with van der Waals surface area (Å²) in [6.07, 6.45) is 2.83. The van der Waals surface area contributed by atoms with E-state index in [1.165, 1.54) is 0 Å². The van der Waals surface area contributed by atoms with E-state index in [1.807, 2.05) is 24.3 Å². The van der Waals surface area contributed by atoms with Crippen molar-refractivity contribution in [3.8, 4) is 28.4 Å². The zero-order chi connectivity index (χ0) is 20.1. The third-order valence-electron chi connectivity index (χ3n) is 4.76. The third kappa shape index (κ3) is 4.95. The van der Waals surface area contributed by atoms with E-state index in [0.717, 1.165) is 37.0 Å². The van der Waals surface area contributed by atoms with E-state index in [4.69, 9.17) is 14.2 Å². The summed E-state index contributed by atoms with van der Waals surface area (Å²) in [5.41, 5.74) is 2.39. The SMILES string of the molecule is O=C(Oc1ccc(-c2ccc(O)cc2)cc1)c1ccc(OC2CCCCO2)cc1. The van der Waals surface area contributed by atoms with Gasteiger partial charge < -0.3 is 19.3 Å². The second kappa shape index (κ2) is 8.80. The second-order valence-corrected chi connectivity index (χ2v) is 6.90. The lowest BCUT2D eigenvalue weighted by atomic mass is 10.1. The highest BCUT2D eigenvalue weighted by atomic mass is 16.7. The average molecular weight is 390 g/mol. The van der Waals surface area contributed by atoms with E-state index in [2.05, 4.69) is 0 Å². The standard InChI is InChI=1S/C24H22O5/c25-20-10-4-17(5-11-20)18-6-12-22(13-7-18)29-24(26)19-8-14-21(15-9-19)28-23-3-1-2-16-27-23/h4-15,23,25H,1-3,16H2. The summed E-state index contributed by atoms with van der Waals surface area (Å²) in [5.74, 6) is 0.935. The Labute approximate surface area is 169 Å². The van der Waals surface area contributed by atoms with E-state index in [1.54, 1.807) is 48.5 Å².